The fourth-order valence-corrected chi connectivity index (χ4v) is 0.0483. The molecule has 0 aromatic carbocycles. The van der Waals surface area contributed by atoms with E-state index >= 15 is 0 Å². The van der Waals surface area contributed by atoms with Crippen LogP contribution in [0.3, 0.4) is 0 Å². The molecule has 0 saturated heterocycles. The Kier molecular flexibility index (Phi) is 11.8. The zero-order valence-corrected chi connectivity index (χ0v) is 3.00. The van der Waals surface area contributed by atoms with Crippen LogP contribution >= 0.6 is 0 Å². The Morgan fingerprint density at radius 3 is 2.00 bits per heavy atom. The summed E-state index contributed by atoms with van der Waals surface area (Å²) < 4.78 is 0. The van der Waals surface area contributed by atoms with Crippen LogP contribution in [0.25, 0.3) is 0 Å². The minimum absolute atomic E-state index is 0. The summed E-state index contributed by atoms with van der Waals surface area (Å²) in [5.41, 5.74) is 5.98. The van der Waals surface area contributed by atoms with Crippen molar-refractivity contribution >= 4 is 6.72 Å². The van der Waals surface area contributed by atoms with E-state index in [4.69, 9.17) is 5.53 Å². The third-order valence-corrected chi connectivity index (χ3v) is 0.148. The predicted molar refractivity (Wildman–Crippen MR) is 26.3 cm³/mol. The Hall–Kier alpha value is -1.13. The van der Waals surface area contributed by atoms with E-state index in [2.05, 4.69) is 27.5 Å². The first-order chi connectivity index (χ1) is 2.91. The average Bonchev–Trinajstić information content (AvgIpc) is 1.61. The number of nitrogens with zero attached hydrogens (tertiary/aromatic N) is 4. The molecule has 0 aliphatic rings. The van der Waals surface area contributed by atoms with Crippen LogP contribution in [0, 0.1) is 5.53 Å². The van der Waals surface area contributed by atoms with Crippen LogP contribution in [-0.2, 0) is 0 Å². The molecule has 0 spiro atoms. The van der Waals surface area contributed by atoms with Gasteiger partial charge in [-0.2, -0.15) is 5.53 Å². The van der Waals surface area contributed by atoms with Crippen LogP contribution in [-0.4, -0.2) is 6.72 Å². The standard InChI is InChI=1S/CH3N5.CH4/c1-3-5-6-4-2;/h2H,1H2;1H4/b4-2?,6-5+;. The Balaban J connectivity index is 0. The van der Waals surface area contributed by atoms with Crippen molar-refractivity contribution in [1.82, 2.24) is 0 Å². The van der Waals surface area contributed by atoms with Gasteiger partial charge in [0.1, 0.15) is 0 Å². The topological polar surface area (TPSA) is 73.3 Å². The zero-order chi connectivity index (χ0) is 4.83. The van der Waals surface area contributed by atoms with Gasteiger partial charge in [-0.15, -0.1) is 5.10 Å². The molecule has 5 nitrogen and oxygen atoms in total. The summed E-state index contributed by atoms with van der Waals surface area (Å²) in [5, 5.41) is 11.1. The molecule has 0 amide bonds. The van der Waals surface area contributed by atoms with Gasteiger partial charge < -0.3 is 0 Å². The van der Waals surface area contributed by atoms with E-state index in [0.717, 1.165) is 0 Å². The molecule has 0 aromatic rings. The molecular weight excluding hydrogens is 94.1 g/mol. The van der Waals surface area contributed by atoms with Crippen LogP contribution in [0.1, 0.15) is 7.43 Å². The van der Waals surface area contributed by atoms with Gasteiger partial charge in [0.15, 0.2) is 0 Å². The molecule has 0 saturated carbocycles. The second-order valence-electron chi connectivity index (χ2n) is 0.420. The maximum absolute atomic E-state index is 5.98. The van der Waals surface area contributed by atoms with Crippen molar-refractivity contribution in [2.45, 2.75) is 7.43 Å². The number of rotatable bonds is 2. The first-order valence-corrected chi connectivity index (χ1v) is 1.14. The van der Waals surface area contributed by atoms with Crippen LogP contribution in [0.2, 0.25) is 0 Å². The number of hydrogen-bond acceptors (Lipinski definition) is 2. The van der Waals surface area contributed by atoms with Gasteiger partial charge in [0, 0.05) is 6.72 Å². The predicted octanol–water partition coefficient (Wildman–Crippen LogP) is 1.64. The molecule has 0 aliphatic carbocycles. The molecule has 0 rings (SSSR count). The molecule has 0 aromatic heterocycles. The van der Waals surface area contributed by atoms with Crippen molar-refractivity contribution in [3.8, 4) is 0 Å². The third-order valence-electron chi connectivity index (χ3n) is 0.148. The highest BCUT2D eigenvalue weighted by molar-refractivity contribution is 5.22. The molecule has 0 atom stereocenters. The van der Waals surface area contributed by atoms with Gasteiger partial charge in [-0.1, -0.05) is 7.43 Å². The lowest BCUT2D eigenvalue weighted by Gasteiger charge is -1.58. The highest BCUT2D eigenvalue weighted by Gasteiger charge is 1.49. The summed E-state index contributed by atoms with van der Waals surface area (Å²) in [5.74, 6) is 0. The molecule has 0 unspecified atom stereocenters. The molecule has 0 aliphatic heterocycles. The Labute approximate surface area is 41.6 Å². The van der Waals surface area contributed by atoms with Gasteiger partial charge in [0.2, 0.25) is 0 Å². The summed E-state index contributed by atoms with van der Waals surface area (Å²) in [6, 6.07) is 0. The van der Waals surface area contributed by atoms with Crippen molar-refractivity contribution in [3.05, 3.63) is 0 Å². The molecule has 1 N–H and O–H groups in total. The van der Waals surface area contributed by atoms with Gasteiger partial charge in [0.25, 0.3) is 0 Å². The van der Waals surface area contributed by atoms with E-state index in [1.165, 1.54) is 0 Å². The molecule has 0 heterocycles. The molecule has 0 fully saturated rings. The summed E-state index contributed by atoms with van der Waals surface area (Å²) in [6.45, 7) is 2.94. The van der Waals surface area contributed by atoms with E-state index in [9.17, 15) is 0 Å². The first-order valence-electron chi connectivity index (χ1n) is 1.14. The fourth-order valence-electron chi connectivity index (χ4n) is 0.0483. The quantitative estimate of drug-likeness (QED) is 0.312. The van der Waals surface area contributed by atoms with E-state index in [0.29, 0.717) is 0 Å². The largest absolute Gasteiger partial charge is 0.183 e. The van der Waals surface area contributed by atoms with Gasteiger partial charge in [-0.05, 0) is 15.7 Å². The second-order valence-corrected chi connectivity index (χ2v) is 0.420. The van der Waals surface area contributed by atoms with E-state index in [1.807, 2.05) is 0 Å². The summed E-state index contributed by atoms with van der Waals surface area (Å²) in [4.78, 5) is 0. The summed E-state index contributed by atoms with van der Waals surface area (Å²) >= 11 is 0. The van der Waals surface area contributed by atoms with Gasteiger partial charge >= 0.3 is 0 Å². The minimum Gasteiger partial charge on any atom is -0.183 e. The lowest BCUT2D eigenvalue weighted by molar-refractivity contribution is 0.863. The van der Waals surface area contributed by atoms with Crippen LogP contribution < -0.4 is 0 Å². The van der Waals surface area contributed by atoms with E-state index in [-0.39, 0.29) is 7.43 Å². The Morgan fingerprint density at radius 1 is 1.29 bits per heavy atom. The average molecular weight is 101 g/mol. The SMILES string of the molecule is C.C=N/N=N/N=N. The van der Waals surface area contributed by atoms with Crippen molar-refractivity contribution in [2.75, 3.05) is 0 Å². The minimum atomic E-state index is 0. The van der Waals surface area contributed by atoms with Gasteiger partial charge in [0.05, 0.1) is 0 Å². The number of hydrogen-bond donors (Lipinski definition) is 1. The lowest BCUT2D eigenvalue weighted by Crippen LogP contribution is -1.38. The van der Waals surface area contributed by atoms with E-state index < -0.39 is 0 Å². The van der Waals surface area contributed by atoms with Crippen LogP contribution in [0.15, 0.2) is 20.8 Å². The maximum Gasteiger partial charge on any atom is 0.0151 e. The van der Waals surface area contributed by atoms with Gasteiger partial charge in [-0.3, -0.25) is 0 Å². The Morgan fingerprint density at radius 2 is 1.86 bits per heavy atom. The lowest BCUT2D eigenvalue weighted by atomic mass is 11.7. The van der Waals surface area contributed by atoms with Crippen molar-refractivity contribution < 1.29 is 0 Å². The molecule has 7 heavy (non-hydrogen) atoms. The molecular formula is C2H7N5. The highest BCUT2D eigenvalue weighted by Crippen LogP contribution is 1.70. The molecule has 0 radical (unpaired) electrons. The summed E-state index contributed by atoms with van der Waals surface area (Å²) in [6.07, 6.45) is 0. The van der Waals surface area contributed by atoms with E-state index in [1.54, 1.807) is 0 Å². The fraction of sp³-hybridized carbons (Fsp3) is 0.500. The van der Waals surface area contributed by atoms with Crippen LogP contribution in [0.4, 0.5) is 0 Å². The first kappa shape index (κ1) is 9.30. The van der Waals surface area contributed by atoms with Crippen LogP contribution in [0.5, 0.6) is 0 Å². The highest BCUT2D eigenvalue weighted by atomic mass is 15.5. The number of nitrogens with one attached hydrogen (secondary N) is 1. The third kappa shape index (κ3) is 11.5. The molecule has 0 bridgehead atoms. The zero-order valence-electron chi connectivity index (χ0n) is 3.00. The maximum atomic E-state index is 5.98. The van der Waals surface area contributed by atoms with Crippen molar-refractivity contribution in [1.29, 1.82) is 5.53 Å². The van der Waals surface area contributed by atoms with Crippen molar-refractivity contribution in [2.24, 2.45) is 20.8 Å². The van der Waals surface area contributed by atoms with Gasteiger partial charge in [-0.25, -0.2) is 0 Å². The molecule has 40 valence electrons. The smallest absolute Gasteiger partial charge is 0.0151 e. The Bertz CT molecular complexity index is 64.1. The van der Waals surface area contributed by atoms with Crippen molar-refractivity contribution in [3.63, 3.8) is 0 Å². The monoisotopic (exact) mass is 101 g/mol. The molecule has 5 heteroatoms. The summed E-state index contributed by atoms with van der Waals surface area (Å²) in [7, 11) is 0. The normalized spacial score (nSPS) is 7.43. The second kappa shape index (κ2) is 8.85.